The highest BCUT2D eigenvalue weighted by atomic mass is 32.2. The number of hydrogen-bond acceptors (Lipinski definition) is 3. The van der Waals surface area contributed by atoms with Crippen LogP contribution in [-0.2, 0) is 16.4 Å². The maximum Gasteiger partial charge on any atom is 0.389 e. The van der Waals surface area contributed by atoms with Gasteiger partial charge in [0, 0.05) is 12.1 Å². The van der Waals surface area contributed by atoms with E-state index in [0.717, 1.165) is 5.56 Å². The summed E-state index contributed by atoms with van der Waals surface area (Å²) in [7, 11) is -3.76. The minimum Gasteiger partial charge on any atom is -0.330 e. The molecule has 0 amide bonds. The molecule has 0 aromatic heterocycles. The van der Waals surface area contributed by atoms with E-state index in [0.29, 0.717) is 18.7 Å². The van der Waals surface area contributed by atoms with Crippen LogP contribution in [0.5, 0.6) is 0 Å². The third-order valence-electron chi connectivity index (χ3n) is 2.53. The van der Waals surface area contributed by atoms with Crippen LogP contribution in [0.2, 0.25) is 0 Å². The van der Waals surface area contributed by atoms with Gasteiger partial charge in [0.05, 0.1) is 5.75 Å². The first kappa shape index (κ1) is 16.8. The molecule has 0 bridgehead atoms. The van der Waals surface area contributed by atoms with Gasteiger partial charge in [0.25, 0.3) is 0 Å². The predicted molar refractivity (Wildman–Crippen MR) is 71.9 cm³/mol. The molecular weight excluding hydrogens is 293 g/mol. The van der Waals surface area contributed by atoms with Crippen LogP contribution in [0.4, 0.5) is 18.9 Å². The van der Waals surface area contributed by atoms with Gasteiger partial charge in [0.2, 0.25) is 10.0 Å². The summed E-state index contributed by atoms with van der Waals surface area (Å²) in [4.78, 5) is 0. The Labute approximate surface area is 116 Å². The number of hydrogen-bond donors (Lipinski definition) is 2. The van der Waals surface area contributed by atoms with Crippen LogP contribution in [0, 0.1) is 0 Å². The minimum atomic E-state index is -4.33. The van der Waals surface area contributed by atoms with Gasteiger partial charge in [0.15, 0.2) is 0 Å². The molecule has 8 heteroatoms. The van der Waals surface area contributed by atoms with E-state index < -0.39 is 34.8 Å². The SMILES string of the molecule is NCCc1ccc(NS(=O)(=O)CCCC(F)(F)F)cc1. The molecule has 0 radical (unpaired) electrons. The molecule has 0 spiro atoms. The highest BCUT2D eigenvalue weighted by molar-refractivity contribution is 7.92. The van der Waals surface area contributed by atoms with Crippen molar-refractivity contribution in [2.24, 2.45) is 5.73 Å². The van der Waals surface area contributed by atoms with Gasteiger partial charge < -0.3 is 5.73 Å². The molecule has 3 N–H and O–H groups in total. The lowest BCUT2D eigenvalue weighted by Gasteiger charge is -2.09. The van der Waals surface area contributed by atoms with Crippen molar-refractivity contribution >= 4 is 15.7 Å². The summed E-state index contributed by atoms with van der Waals surface area (Å²) in [6.07, 6.45) is -5.22. The van der Waals surface area contributed by atoms with E-state index in [1.165, 1.54) is 0 Å². The average Bonchev–Trinajstić information content (AvgIpc) is 2.29. The normalized spacial score (nSPS) is 12.4. The van der Waals surface area contributed by atoms with Crippen LogP contribution in [-0.4, -0.2) is 26.9 Å². The second-order valence-corrected chi connectivity index (χ2v) is 6.22. The van der Waals surface area contributed by atoms with Crippen LogP contribution in [0.1, 0.15) is 18.4 Å². The Kier molecular flexibility index (Phi) is 5.82. The zero-order valence-electron chi connectivity index (χ0n) is 10.8. The number of halogens is 3. The van der Waals surface area contributed by atoms with E-state index >= 15 is 0 Å². The number of anilines is 1. The Balaban J connectivity index is 2.53. The van der Waals surface area contributed by atoms with Crippen LogP contribution in [0.3, 0.4) is 0 Å². The Morgan fingerprint density at radius 3 is 2.25 bits per heavy atom. The molecule has 4 nitrogen and oxygen atoms in total. The first-order valence-electron chi connectivity index (χ1n) is 6.08. The van der Waals surface area contributed by atoms with Gasteiger partial charge in [-0.15, -0.1) is 0 Å². The van der Waals surface area contributed by atoms with Crippen LogP contribution in [0.25, 0.3) is 0 Å². The fraction of sp³-hybridized carbons (Fsp3) is 0.500. The summed E-state index contributed by atoms with van der Waals surface area (Å²) in [6, 6.07) is 6.57. The molecule has 0 atom stereocenters. The lowest BCUT2D eigenvalue weighted by Crippen LogP contribution is -2.18. The van der Waals surface area contributed by atoms with Gasteiger partial charge in [-0.25, -0.2) is 8.42 Å². The van der Waals surface area contributed by atoms with Crippen molar-refractivity contribution in [2.75, 3.05) is 17.0 Å². The second-order valence-electron chi connectivity index (χ2n) is 4.38. The summed E-state index contributed by atoms with van der Waals surface area (Å²) < 4.78 is 61.3. The first-order chi connectivity index (χ1) is 9.22. The van der Waals surface area contributed by atoms with Crippen molar-refractivity contribution in [1.82, 2.24) is 0 Å². The van der Waals surface area contributed by atoms with E-state index in [4.69, 9.17) is 5.73 Å². The quantitative estimate of drug-likeness (QED) is 0.811. The Hall–Kier alpha value is -1.28. The van der Waals surface area contributed by atoms with Crippen molar-refractivity contribution in [3.05, 3.63) is 29.8 Å². The van der Waals surface area contributed by atoms with E-state index in [1.54, 1.807) is 24.3 Å². The van der Waals surface area contributed by atoms with E-state index in [2.05, 4.69) is 4.72 Å². The zero-order valence-corrected chi connectivity index (χ0v) is 11.6. The lowest BCUT2D eigenvalue weighted by atomic mass is 10.1. The molecule has 0 fully saturated rings. The smallest absolute Gasteiger partial charge is 0.330 e. The Morgan fingerprint density at radius 1 is 1.15 bits per heavy atom. The number of sulfonamides is 1. The molecule has 1 aromatic carbocycles. The summed E-state index contributed by atoms with van der Waals surface area (Å²) in [6.45, 7) is 0.489. The molecule has 0 saturated heterocycles. The van der Waals surface area contributed by atoms with Gasteiger partial charge in [-0.3, -0.25) is 4.72 Å². The number of benzene rings is 1. The number of alkyl halides is 3. The van der Waals surface area contributed by atoms with E-state index in [9.17, 15) is 21.6 Å². The standard InChI is InChI=1S/C12H17F3N2O2S/c13-12(14,15)7-1-9-20(18,19)17-11-4-2-10(3-5-11)6-8-16/h2-5,17H,1,6-9,16H2. The van der Waals surface area contributed by atoms with Crippen molar-refractivity contribution in [1.29, 1.82) is 0 Å². The molecular formula is C12H17F3N2O2S. The molecule has 0 aliphatic heterocycles. The fourth-order valence-electron chi connectivity index (χ4n) is 1.60. The molecule has 0 unspecified atom stereocenters. The first-order valence-corrected chi connectivity index (χ1v) is 7.73. The molecule has 20 heavy (non-hydrogen) atoms. The van der Waals surface area contributed by atoms with Gasteiger partial charge >= 0.3 is 6.18 Å². The van der Waals surface area contributed by atoms with Crippen molar-refractivity contribution in [3.8, 4) is 0 Å². The van der Waals surface area contributed by atoms with Crippen LogP contribution >= 0.6 is 0 Å². The lowest BCUT2D eigenvalue weighted by molar-refractivity contribution is -0.134. The Morgan fingerprint density at radius 2 is 1.75 bits per heavy atom. The molecule has 0 heterocycles. The van der Waals surface area contributed by atoms with Gasteiger partial charge in [-0.1, -0.05) is 12.1 Å². The largest absolute Gasteiger partial charge is 0.389 e. The highest BCUT2D eigenvalue weighted by Crippen LogP contribution is 2.22. The number of rotatable bonds is 7. The fourth-order valence-corrected chi connectivity index (χ4v) is 2.72. The average molecular weight is 310 g/mol. The summed E-state index contributed by atoms with van der Waals surface area (Å²) in [5, 5.41) is 0. The molecule has 0 aliphatic carbocycles. The summed E-state index contributed by atoms with van der Waals surface area (Å²) in [5.74, 6) is -0.558. The maximum absolute atomic E-state index is 11.9. The van der Waals surface area contributed by atoms with Crippen LogP contribution in [0.15, 0.2) is 24.3 Å². The van der Waals surface area contributed by atoms with Crippen LogP contribution < -0.4 is 10.5 Å². The summed E-state index contributed by atoms with van der Waals surface area (Å²) >= 11 is 0. The second kappa shape index (κ2) is 6.94. The third-order valence-corrected chi connectivity index (χ3v) is 3.91. The van der Waals surface area contributed by atoms with Crippen molar-refractivity contribution in [2.45, 2.75) is 25.4 Å². The van der Waals surface area contributed by atoms with Crippen molar-refractivity contribution in [3.63, 3.8) is 0 Å². The monoisotopic (exact) mass is 310 g/mol. The zero-order chi connectivity index (χ0) is 15.2. The van der Waals surface area contributed by atoms with Gasteiger partial charge in [-0.2, -0.15) is 13.2 Å². The van der Waals surface area contributed by atoms with E-state index in [-0.39, 0.29) is 0 Å². The molecule has 114 valence electrons. The number of nitrogens with two attached hydrogens (primary N) is 1. The topological polar surface area (TPSA) is 72.2 Å². The maximum atomic E-state index is 11.9. The molecule has 1 rings (SSSR count). The minimum absolute atomic E-state index is 0.331. The van der Waals surface area contributed by atoms with Crippen molar-refractivity contribution < 1.29 is 21.6 Å². The molecule has 0 aliphatic rings. The van der Waals surface area contributed by atoms with E-state index in [1.807, 2.05) is 0 Å². The molecule has 1 aromatic rings. The predicted octanol–water partition coefficient (Wildman–Crippen LogP) is 2.27. The van der Waals surface area contributed by atoms with Gasteiger partial charge in [-0.05, 0) is 37.1 Å². The molecule has 0 saturated carbocycles. The third kappa shape index (κ3) is 6.76. The Bertz CT molecular complexity index is 512. The van der Waals surface area contributed by atoms with Gasteiger partial charge in [0.1, 0.15) is 0 Å². The number of nitrogens with one attached hydrogen (secondary N) is 1. The highest BCUT2D eigenvalue weighted by Gasteiger charge is 2.27. The summed E-state index contributed by atoms with van der Waals surface area (Å²) in [5.41, 5.74) is 6.68.